The number of benzene rings is 2. The van der Waals surface area contributed by atoms with Gasteiger partial charge in [-0.3, -0.25) is 4.79 Å². The van der Waals surface area contributed by atoms with Gasteiger partial charge in [-0.2, -0.15) is 0 Å². The summed E-state index contributed by atoms with van der Waals surface area (Å²) in [7, 11) is 1.37. The van der Waals surface area contributed by atoms with Gasteiger partial charge in [0.2, 0.25) is 0 Å². The standard InChI is InChI=1S/C15H12ClFO3/c1-8(18)10-4-5-11(14(16)15(10)19)9-3-6-13(20-2)12(17)7-9/h3-7,19H,1-2H3. The molecule has 0 atom stereocenters. The lowest BCUT2D eigenvalue weighted by Crippen LogP contribution is -1.94. The molecule has 0 unspecified atom stereocenters. The number of carbonyl (C=O) groups is 1. The van der Waals surface area contributed by atoms with Crippen molar-refractivity contribution in [3.05, 3.63) is 46.7 Å². The molecular formula is C15H12ClFO3. The molecule has 1 N–H and O–H groups in total. The molecule has 2 aromatic carbocycles. The molecule has 0 saturated heterocycles. The number of aromatic hydroxyl groups is 1. The summed E-state index contributed by atoms with van der Waals surface area (Å²) in [6.07, 6.45) is 0. The fourth-order valence-electron chi connectivity index (χ4n) is 1.91. The lowest BCUT2D eigenvalue weighted by molar-refractivity contribution is 0.101. The number of hydrogen-bond donors (Lipinski definition) is 1. The van der Waals surface area contributed by atoms with E-state index < -0.39 is 5.82 Å². The van der Waals surface area contributed by atoms with Crippen LogP contribution in [0.25, 0.3) is 11.1 Å². The van der Waals surface area contributed by atoms with Crippen LogP contribution in [0.15, 0.2) is 30.3 Å². The minimum atomic E-state index is -0.531. The van der Waals surface area contributed by atoms with Gasteiger partial charge in [0.25, 0.3) is 0 Å². The molecule has 5 heteroatoms. The van der Waals surface area contributed by atoms with Crippen molar-refractivity contribution in [1.29, 1.82) is 0 Å². The Morgan fingerprint density at radius 3 is 2.55 bits per heavy atom. The number of Topliss-reactive ketones (excluding diaryl/α,β-unsaturated/α-hetero) is 1. The van der Waals surface area contributed by atoms with Crippen LogP contribution in [0.4, 0.5) is 4.39 Å². The first-order valence-corrected chi connectivity index (χ1v) is 6.19. The number of phenolic OH excluding ortho intramolecular Hbond substituents is 1. The van der Waals surface area contributed by atoms with Crippen LogP contribution in [-0.2, 0) is 0 Å². The third-order valence-corrected chi connectivity index (χ3v) is 3.34. The van der Waals surface area contributed by atoms with E-state index in [2.05, 4.69) is 0 Å². The Labute approximate surface area is 120 Å². The van der Waals surface area contributed by atoms with Crippen LogP contribution in [-0.4, -0.2) is 18.0 Å². The first-order chi connectivity index (χ1) is 9.45. The first-order valence-electron chi connectivity index (χ1n) is 5.82. The lowest BCUT2D eigenvalue weighted by Gasteiger charge is -2.10. The molecule has 0 heterocycles. The quantitative estimate of drug-likeness (QED) is 0.868. The van der Waals surface area contributed by atoms with Crippen molar-refractivity contribution in [1.82, 2.24) is 0 Å². The zero-order valence-corrected chi connectivity index (χ0v) is 11.7. The SMILES string of the molecule is COc1ccc(-c2ccc(C(C)=O)c(O)c2Cl)cc1F. The molecule has 0 bridgehead atoms. The summed E-state index contributed by atoms with van der Waals surface area (Å²) >= 11 is 6.05. The minimum Gasteiger partial charge on any atom is -0.506 e. The molecular weight excluding hydrogens is 283 g/mol. The molecule has 0 aliphatic heterocycles. The van der Waals surface area contributed by atoms with Gasteiger partial charge < -0.3 is 9.84 Å². The first kappa shape index (κ1) is 14.3. The molecule has 0 spiro atoms. The molecule has 0 aliphatic rings. The molecule has 0 aliphatic carbocycles. The number of ketones is 1. The van der Waals surface area contributed by atoms with Crippen LogP contribution in [0, 0.1) is 5.82 Å². The van der Waals surface area contributed by atoms with Gasteiger partial charge in [-0.1, -0.05) is 23.7 Å². The number of phenols is 1. The van der Waals surface area contributed by atoms with Crippen LogP contribution in [0.2, 0.25) is 5.02 Å². The third kappa shape index (κ3) is 2.47. The van der Waals surface area contributed by atoms with Gasteiger partial charge in [-0.05, 0) is 30.7 Å². The highest BCUT2D eigenvalue weighted by atomic mass is 35.5. The number of halogens is 2. The average Bonchev–Trinajstić information content (AvgIpc) is 2.41. The molecule has 0 radical (unpaired) electrons. The van der Waals surface area contributed by atoms with E-state index in [1.807, 2.05) is 0 Å². The second kappa shape index (κ2) is 5.51. The highest BCUT2D eigenvalue weighted by Gasteiger charge is 2.16. The molecule has 0 fully saturated rings. The predicted octanol–water partition coefficient (Wildman–Crippen LogP) is 4.06. The summed E-state index contributed by atoms with van der Waals surface area (Å²) in [6, 6.07) is 7.38. The zero-order chi connectivity index (χ0) is 14.9. The van der Waals surface area contributed by atoms with Crippen molar-refractivity contribution in [3.8, 4) is 22.6 Å². The summed E-state index contributed by atoms with van der Waals surface area (Å²) in [4.78, 5) is 11.3. The summed E-state index contributed by atoms with van der Waals surface area (Å²) < 4.78 is 18.5. The van der Waals surface area contributed by atoms with E-state index in [9.17, 15) is 14.3 Å². The predicted molar refractivity (Wildman–Crippen MR) is 75.1 cm³/mol. The van der Waals surface area contributed by atoms with Crippen molar-refractivity contribution < 1.29 is 19.0 Å². The highest BCUT2D eigenvalue weighted by molar-refractivity contribution is 6.35. The van der Waals surface area contributed by atoms with Crippen LogP contribution in [0.3, 0.4) is 0 Å². The minimum absolute atomic E-state index is 0.0160. The van der Waals surface area contributed by atoms with Crippen LogP contribution in [0.1, 0.15) is 17.3 Å². The van der Waals surface area contributed by atoms with Gasteiger partial charge >= 0.3 is 0 Å². The van der Waals surface area contributed by atoms with E-state index in [0.29, 0.717) is 11.1 Å². The van der Waals surface area contributed by atoms with Crippen molar-refractivity contribution >= 4 is 17.4 Å². The summed E-state index contributed by atoms with van der Waals surface area (Å²) in [5.74, 6) is -1.00. The largest absolute Gasteiger partial charge is 0.506 e. The maximum atomic E-state index is 13.7. The van der Waals surface area contributed by atoms with E-state index in [1.165, 1.54) is 32.2 Å². The van der Waals surface area contributed by atoms with Gasteiger partial charge in [0.05, 0.1) is 17.7 Å². The van der Waals surface area contributed by atoms with Crippen molar-refractivity contribution in [3.63, 3.8) is 0 Å². The number of rotatable bonds is 3. The Kier molecular flexibility index (Phi) is 3.95. The summed E-state index contributed by atoms with van der Waals surface area (Å²) in [5, 5.41) is 9.92. The second-order valence-electron chi connectivity index (χ2n) is 4.23. The van der Waals surface area contributed by atoms with Gasteiger partial charge in [0, 0.05) is 5.56 Å². The third-order valence-electron chi connectivity index (χ3n) is 2.96. The lowest BCUT2D eigenvalue weighted by atomic mass is 10.0. The summed E-state index contributed by atoms with van der Waals surface area (Å²) in [5.41, 5.74) is 1.06. The Balaban J connectivity index is 2.56. The highest BCUT2D eigenvalue weighted by Crippen LogP contribution is 2.38. The van der Waals surface area contributed by atoms with Crippen LogP contribution >= 0.6 is 11.6 Å². The van der Waals surface area contributed by atoms with E-state index in [1.54, 1.807) is 12.1 Å². The molecule has 0 saturated carbocycles. The molecule has 0 amide bonds. The Morgan fingerprint density at radius 2 is 2.00 bits per heavy atom. The average molecular weight is 295 g/mol. The topological polar surface area (TPSA) is 46.5 Å². The zero-order valence-electron chi connectivity index (χ0n) is 10.9. The van der Waals surface area contributed by atoms with Crippen LogP contribution in [0.5, 0.6) is 11.5 Å². The Hall–Kier alpha value is -2.07. The molecule has 2 rings (SSSR count). The van der Waals surface area contributed by atoms with E-state index in [0.717, 1.165) is 0 Å². The maximum Gasteiger partial charge on any atom is 0.165 e. The Bertz CT molecular complexity index is 683. The normalized spacial score (nSPS) is 10.4. The molecule has 3 nitrogen and oxygen atoms in total. The number of ether oxygens (including phenoxy) is 1. The molecule has 2 aromatic rings. The van der Waals surface area contributed by atoms with E-state index >= 15 is 0 Å². The molecule has 20 heavy (non-hydrogen) atoms. The number of hydrogen-bond acceptors (Lipinski definition) is 3. The van der Waals surface area contributed by atoms with Crippen LogP contribution < -0.4 is 4.74 Å². The Morgan fingerprint density at radius 1 is 1.30 bits per heavy atom. The summed E-state index contributed by atoms with van der Waals surface area (Å²) in [6.45, 7) is 1.33. The number of methoxy groups -OCH3 is 1. The second-order valence-corrected chi connectivity index (χ2v) is 4.61. The fourth-order valence-corrected chi connectivity index (χ4v) is 2.18. The fraction of sp³-hybridized carbons (Fsp3) is 0.133. The maximum absolute atomic E-state index is 13.7. The van der Waals surface area contributed by atoms with Crippen molar-refractivity contribution in [2.24, 2.45) is 0 Å². The van der Waals surface area contributed by atoms with Crippen molar-refractivity contribution in [2.75, 3.05) is 7.11 Å². The van der Waals surface area contributed by atoms with Gasteiger partial charge in [0.15, 0.2) is 17.3 Å². The monoisotopic (exact) mass is 294 g/mol. The smallest absolute Gasteiger partial charge is 0.165 e. The number of carbonyl (C=O) groups excluding carboxylic acids is 1. The van der Waals surface area contributed by atoms with E-state index in [4.69, 9.17) is 16.3 Å². The van der Waals surface area contributed by atoms with E-state index in [-0.39, 0.29) is 27.9 Å². The van der Waals surface area contributed by atoms with Gasteiger partial charge in [-0.15, -0.1) is 0 Å². The molecule has 0 aromatic heterocycles. The van der Waals surface area contributed by atoms with Gasteiger partial charge in [-0.25, -0.2) is 4.39 Å². The molecule has 104 valence electrons. The van der Waals surface area contributed by atoms with Crippen molar-refractivity contribution in [2.45, 2.75) is 6.92 Å². The van der Waals surface area contributed by atoms with Gasteiger partial charge in [0.1, 0.15) is 5.75 Å².